The summed E-state index contributed by atoms with van der Waals surface area (Å²) in [5, 5.41) is 12.7. The molecule has 2 rings (SSSR count). The van der Waals surface area contributed by atoms with Gasteiger partial charge in [-0.05, 0) is 59.1 Å². The van der Waals surface area contributed by atoms with E-state index in [1.807, 2.05) is 25.1 Å². The molecule has 0 fully saturated rings. The van der Waals surface area contributed by atoms with E-state index in [4.69, 9.17) is 9.47 Å². The zero-order chi connectivity index (χ0) is 21.8. The molecule has 0 spiro atoms. The number of ketones is 1. The third-order valence-electron chi connectivity index (χ3n) is 3.85. The van der Waals surface area contributed by atoms with Crippen LogP contribution in [0.2, 0.25) is 0 Å². The fourth-order valence-corrected chi connectivity index (χ4v) is 2.57. The van der Waals surface area contributed by atoms with Crippen LogP contribution in [0.4, 0.5) is 10.5 Å². The van der Waals surface area contributed by atoms with Crippen molar-refractivity contribution in [2.75, 3.05) is 33.1 Å². The van der Waals surface area contributed by atoms with Gasteiger partial charge < -0.3 is 19.4 Å². The van der Waals surface area contributed by atoms with Crippen molar-refractivity contribution in [2.24, 2.45) is 0 Å². The number of amides is 1. The molecule has 29 heavy (non-hydrogen) atoms. The van der Waals surface area contributed by atoms with E-state index in [0.717, 1.165) is 0 Å². The van der Waals surface area contributed by atoms with Gasteiger partial charge >= 0.3 is 6.09 Å². The third-order valence-corrected chi connectivity index (χ3v) is 3.85. The number of aromatic amines is 1. The Morgan fingerprint density at radius 2 is 1.97 bits per heavy atom. The fourth-order valence-electron chi connectivity index (χ4n) is 2.57. The van der Waals surface area contributed by atoms with Crippen molar-refractivity contribution in [1.82, 2.24) is 9.88 Å². The lowest BCUT2D eigenvalue weighted by Gasteiger charge is -2.20. The van der Waals surface area contributed by atoms with E-state index in [9.17, 15) is 14.9 Å². The fraction of sp³-hybridized carbons (Fsp3) is 0.381. The number of aromatic nitrogens is 1. The van der Waals surface area contributed by atoms with Crippen LogP contribution in [0.25, 0.3) is 10.9 Å². The number of Topliss-reactive ketones (excluding diaryl/α,β-unsaturated/α-hetero) is 1. The SMILES string of the molecule is COc1cc2cc(C(=O)/C(C#N)=C/CN(C)C)[nH]c2cc1NC(=O)OC(C)(C)C. The van der Waals surface area contributed by atoms with Crippen LogP contribution < -0.4 is 10.1 Å². The van der Waals surface area contributed by atoms with Crippen molar-refractivity contribution < 1.29 is 19.1 Å². The number of anilines is 1. The molecular weight excluding hydrogens is 372 g/mol. The highest BCUT2D eigenvalue weighted by Crippen LogP contribution is 2.31. The van der Waals surface area contributed by atoms with Crippen LogP contribution >= 0.6 is 0 Å². The topological polar surface area (TPSA) is 107 Å². The summed E-state index contributed by atoms with van der Waals surface area (Å²) in [7, 11) is 5.19. The molecule has 0 atom stereocenters. The number of fused-ring (bicyclic) bond motifs is 1. The van der Waals surface area contributed by atoms with E-state index in [1.165, 1.54) is 7.11 Å². The number of likely N-dealkylation sites (N-methyl/N-ethyl adjacent to an activating group) is 1. The molecule has 0 unspecified atom stereocenters. The molecule has 8 heteroatoms. The second kappa shape index (κ2) is 8.80. The predicted molar refractivity (Wildman–Crippen MR) is 111 cm³/mol. The number of allylic oxidation sites excluding steroid dienone is 1. The van der Waals surface area contributed by atoms with Crippen molar-refractivity contribution in [3.8, 4) is 11.8 Å². The van der Waals surface area contributed by atoms with Crippen LogP contribution in [0.15, 0.2) is 29.8 Å². The summed E-state index contributed by atoms with van der Waals surface area (Å²) in [6.45, 7) is 5.79. The molecule has 154 valence electrons. The maximum Gasteiger partial charge on any atom is 0.412 e. The van der Waals surface area contributed by atoms with Gasteiger partial charge in [0.15, 0.2) is 0 Å². The van der Waals surface area contributed by atoms with Gasteiger partial charge in [0.2, 0.25) is 5.78 Å². The van der Waals surface area contributed by atoms with Crippen LogP contribution in [0.3, 0.4) is 0 Å². The normalized spacial score (nSPS) is 12.0. The summed E-state index contributed by atoms with van der Waals surface area (Å²) in [5.74, 6) is 0.0242. The van der Waals surface area contributed by atoms with E-state index in [2.05, 4.69) is 10.3 Å². The van der Waals surface area contributed by atoms with Gasteiger partial charge in [0.25, 0.3) is 0 Å². The molecule has 1 aromatic heterocycles. The minimum absolute atomic E-state index is 0.0596. The lowest BCUT2D eigenvalue weighted by Crippen LogP contribution is -2.27. The average molecular weight is 398 g/mol. The first-order chi connectivity index (χ1) is 13.5. The van der Waals surface area contributed by atoms with Crippen molar-refractivity contribution >= 4 is 28.5 Å². The average Bonchev–Trinajstić information content (AvgIpc) is 3.02. The molecule has 1 aromatic carbocycles. The molecular formula is C21H26N4O4. The second-order valence-electron chi connectivity index (χ2n) is 7.77. The van der Waals surface area contributed by atoms with Crippen LogP contribution in [0, 0.1) is 11.3 Å². The van der Waals surface area contributed by atoms with E-state index >= 15 is 0 Å². The number of nitrogens with one attached hydrogen (secondary N) is 2. The summed E-state index contributed by atoms with van der Waals surface area (Å²) < 4.78 is 10.6. The van der Waals surface area contributed by atoms with E-state index < -0.39 is 17.5 Å². The highest BCUT2D eigenvalue weighted by molar-refractivity contribution is 6.12. The molecule has 2 aromatic rings. The van der Waals surface area contributed by atoms with Crippen molar-refractivity contribution in [3.05, 3.63) is 35.5 Å². The molecule has 0 aliphatic rings. The van der Waals surface area contributed by atoms with Gasteiger partial charge in [0.1, 0.15) is 17.4 Å². The highest BCUT2D eigenvalue weighted by atomic mass is 16.6. The Hall–Kier alpha value is -3.31. The summed E-state index contributed by atoms with van der Waals surface area (Å²) in [6, 6.07) is 6.96. The van der Waals surface area contributed by atoms with Crippen molar-refractivity contribution in [2.45, 2.75) is 26.4 Å². The van der Waals surface area contributed by atoms with Gasteiger partial charge in [-0.1, -0.05) is 0 Å². The zero-order valence-electron chi connectivity index (χ0n) is 17.5. The van der Waals surface area contributed by atoms with E-state index in [1.54, 1.807) is 45.0 Å². The summed E-state index contributed by atoms with van der Waals surface area (Å²) in [5.41, 5.74) is 0.719. The lowest BCUT2D eigenvalue weighted by molar-refractivity contribution is 0.0635. The largest absolute Gasteiger partial charge is 0.495 e. The Balaban J connectivity index is 2.36. The number of H-pyrrole nitrogens is 1. The molecule has 0 radical (unpaired) electrons. The molecule has 0 aliphatic carbocycles. The second-order valence-corrected chi connectivity index (χ2v) is 7.77. The Kier molecular flexibility index (Phi) is 6.67. The van der Waals surface area contributed by atoms with Crippen LogP contribution in [-0.2, 0) is 4.74 Å². The number of ether oxygens (including phenoxy) is 2. The number of hydrogen-bond donors (Lipinski definition) is 2. The molecule has 1 amide bonds. The first-order valence-electron chi connectivity index (χ1n) is 9.04. The van der Waals surface area contributed by atoms with Gasteiger partial charge in [-0.15, -0.1) is 0 Å². The van der Waals surface area contributed by atoms with Crippen LogP contribution in [0.5, 0.6) is 5.75 Å². The number of nitriles is 1. The molecule has 2 N–H and O–H groups in total. The smallest absolute Gasteiger partial charge is 0.412 e. The lowest BCUT2D eigenvalue weighted by atomic mass is 10.1. The summed E-state index contributed by atoms with van der Waals surface area (Å²) >= 11 is 0. The first kappa shape index (κ1) is 22.0. The maximum atomic E-state index is 12.7. The minimum atomic E-state index is -0.639. The number of rotatable bonds is 6. The van der Waals surface area contributed by atoms with Gasteiger partial charge in [-0.2, -0.15) is 5.26 Å². The Morgan fingerprint density at radius 1 is 1.28 bits per heavy atom. The summed E-state index contributed by atoms with van der Waals surface area (Å²) in [4.78, 5) is 29.6. The Morgan fingerprint density at radius 3 is 2.52 bits per heavy atom. The number of methoxy groups -OCH3 is 1. The third kappa shape index (κ3) is 5.83. The van der Waals surface area contributed by atoms with Gasteiger partial charge in [-0.25, -0.2) is 4.79 Å². The molecule has 0 aliphatic heterocycles. The molecule has 0 bridgehead atoms. The number of hydrogen-bond acceptors (Lipinski definition) is 6. The minimum Gasteiger partial charge on any atom is -0.495 e. The standard InChI is InChI=1S/C21H26N4O4/c1-21(2,3)29-20(27)24-16-11-15-14(10-18(16)28-6)9-17(23-15)19(26)13(12-22)7-8-25(4)5/h7,9-11,23H,8H2,1-6H3,(H,24,27)/b13-7+. The highest BCUT2D eigenvalue weighted by Gasteiger charge is 2.19. The first-order valence-corrected chi connectivity index (χ1v) is 9.04. The number of benzene rings is 1. The van der Waals surface area contributed by atoms with Crippen LogP contribution in [0.1, 0.15) is 31.3 Å². The van der Waals surface area contributed by atoms with Gasteiger partial charge in [-0.3, -0.25) is 10.1 Å². The molecule has 1 heterocycles. The Labute approximate surface area is 170 Å². The molecule has 0 saturated heterocycles. The van der Waals surface area contributed by atoms with E-state index in [0.29, 0.717) is 28.9 Å². The number of nitrogens with zero attached hydrogens (tertiary/aromatic N) is 2. The van der Waals surface area contributed by atoms with E-state index in [-0.39, 0.29) is 11.3 Å². The maximum absolute atomic E-state index is 12.7. The van der Waals surface area contributed by atoms with Crippen molar-refractivity contribution in [1.29, 1.82) is 5.26 Å². The quantitative estimate of drug-likeness (QED) is 0.436. The molecule has 8 nitrogen and oxygen atoms in total. The number of carbonyl (C=O) groups excluding carboxylic acids is 2. The summed E-state index contributed by atoms with van der Waals surface area (Å²) in [6.07, 6.45) is 0.973. The Bertz CT molecular complexity index is 991. The monoisotopic (exact) mass is 398 g/mol. The molecule has 0 saturated carbocycles. The number of carbonyl (C=O) groups is 2. The predicted octanol–water partition coefficient (Wildman–Crippen LogP) is 3.72. The van der Waals surface area contributed by atoms with Crippen LogP contribution in [-0.4, -0.2) is 55.1 Å². The van der Waals surface area contributed by atoms with Crippen molar-refractivity contribution in [3.63, 3.8) is 0 Å². The van der Waals surface area contributed by atoms with Gasteiger partial charge in [0, 0.05) is 17.4 Å². The van der Waals surface area contributed by atoms with Gasteiger partial charge in [0.05, 0.1) is 24.1 Å². The zero-order valence-corrected chi connectivity index (χ0v) is 17.5.